The topological polar surface area (TPSA) is 94.8 Å². The van der Waals surface area contributed by atoms with Crippen LogP contribution < -0.4 is 10.1 Å². The summed E-state index contributed by atoms with van der Waals surface area (Å²) >= 11 is 0. The van der Waals surface area contributed by atoms with Crippen LogP contribution in [0.1, 0.15) is 26.5 Å². The van der Waals surface area contributed by atoms with Crippen LogP contribution in [0.3, 0.4) is 0 Å². The Balaban J connectivity index is 1.91. The Labute approximate surface area is 132 Å². The number of furan rings is 1. The fourth-order valence-electron chi connectivity index (χ4n) is 1.87. The molecule has 1 heterocycles. The van der Waals surface area contributed by atoms with Gasteiger partial charge in [-0.15, -0.1) is 0 Å². The molecule has 7 nitrogen and oxygen atoms in total. The van der Waals surface area contributed by atoms with E-state index in [2.05, 4.69) is 5.32 Å². The second-order valence-corrected chi connectivity index (χ2v) is 4.54. The summed E-state index contributed by atoms with van der Waals surface area (Å²) in [5.41, 5.74) is 0.439. The molecule has 120 valence electrons. The van der Waals surface area contributed by atoms with Gasteiger partial charge in [-0.25, -0.2) is 4.79 Å². The van der Waals surface area contributed by atoms with Crippen LogP contribution in [0.4, 0.5) is 0 Å². The molecule has 0 aliphatic carbocycles. The number of ether oxygens (including phenoxy) is 2. The third-order valence-electron chi connectivity index (χ3n) is 3.02. The first kappa shape index (κ1) is 16.3. The number of hydrogen-bond acceptors (Lipinski definition) is 6. The van der Waals surface area contributed by atoms with Crippen LogP contribution >= 0.6 is 0 Å². The van der Waals surface area contributed by atoms with Gasteiger partial charge in [0, 0.05) is 0 Å². The number of imide groups is 1. The SMILES string of the molecule is COc1ccccc1C(=O)NC(=O)COC(=O)c1ccoc1C. The lowest BCUT2D eigenvalue weighted by Crippen LogP contribution is -2.34. The predicted octanol–water partition coefficient (Wildman–Crippen LogP) is 1.71. The standard InChI is InChI=1S/C16H15NO6/c1-10-11(7-8-22-10)16(20)23-9-14(18)17-15(19)12-5-3-4-6-13(12)21-2/h3-8H,9H2,1-2H3,(H,17,18,19). The molecule has 2 rings (SSSR count). The van der Waals surface area contributed by atoms with Crippen LogP contribution in [0, 0.1) is 6.92 Å². The maximum absolute atomic E-state index is 12.0. The molecule has 0 atom stereocenters. The minimum atomic E-state index is -0.740. The van der Waals surface area contributed by atoms with Crippen molar-refractivity contribution in [2.75, 3.05) is 13.7 Å². The van der Waals surface area contributed by atoms with Crippen molar-refractivity contribution in [2.24, 2.45) is 0 Å². The molecule has 1 aromatic heterocycles. The van der Waals surface area contributed by atoms with Gasteiger partial charge in [0.2, 0.25) is 0 Å². The Morgan fingerprint density at radius 1 is 1.13 bits per heavy atom. The Hall–Kier alpha value is -3.09. The number of benzene rings is 1. The molecular weight excluding hydrogens is 302 g/mol. The second-order valence-electron chi connectivity index (χ2n) is 4.54. The summed E-state index contributed by atoms with van der Waals surface area (Å²) in [5, 5.41) is 2.13. The van der Waals surface area contributed by atoms with Gasteiger partial charge < -0.3 is 13.9 Å². The second kappa shape index (κ2) is 7.26. The van der Waals surface area contributed by atoms with Gasteiger partial charge in [0.1, 0.15) is 17.1 Å². The van der Waals surface area contributed by atoms with Crippen molar-refractivity contribution in [1.29, 1.82) is 0 Å². The molecule has 0 aliphatic rings. The van der Waals surface area contributed by atoms with E-state index in [9.17, 15) is 14.4 Å². The maximum atomic E-state index is 12.0. The number of esters is 1. The van der Waals surface area contributed by atoms with E-state index in [0.717, 1.165) is 0 Å². The van der Waals surface area contributed by atoms with Crippen molar-refractivity contribution in [2.45, 2.75) is 6.92 Å². The molecule has 7 heteroatoms. The normalized spacial score (nSPS) is 10.0. The fourth-order valence-corrected chi connectivity index (χ4v) is 1.87. The smallest absolute Gasteiger partial charge is 0.342 e. The quantitative estimate of drug-likeness (QED) is 0.844. The van der Waals surface area contributed by atoms with Gasteiger partial charge in [-0.1, -0.05) is 12.1 Å². The van der Waals surface area contributed by atoms with E-state index >= 15 is 0 Å². The molecule has 1 aromatic carbocycles. The molecule has 0 spiro atoms. The van der Waals surface area contributed by atoms with E-state index in [1.165, 1.54) is 25.5 Å². The minimum absolute atomic E-state index is 0.209. The zero-order valence-electron chi connectivity index (χ0n) is 12.6. The monoisotopic (exact) mass is 317 g/mol. The number of nitrogens with one attached hydrogen (secondary N) is 1. The van der Waals surface area contributed by atoms with Crippen LogP contribution in [0.5, 0.6) is 5.75 Å². The molecule has 23 heavy (non-hydrogen) atoms. The van der Waals surface area contributed by atoms with Gasteiger partial charge >= 0.3 is 5.97 Å². The number of aryl methyl sites for hydroxylation is 1. The third-order valence-corrected chi connectivity index (χ3v) is 3.02. The Morgan fingerprint density at radius 3 is 2.52 bits per heavy atom. The number of hydrogen-bond donors (Lipinski definition) is 1. The first-order valence-electron chi connectivity index (χ1n) is 6.71. The maximum Gasteiger partial charge on any atom is 0.342 e. The highest BCUT2D eigenvalue weighted by Gasteiger charge is 2.17. The lowest BCUT2D eigenvalue weighted by Gasteiger charge is -2.08. The number of carbonyl (C=O) groups is 3. The predicted molar refractivity (Wildman–Crippen MR) is 79.2 cm³/mol. The van der Waals surface area contributed by atoms with E-state index < -0.39 is 24.4 Å². The number of methoxy groups -OCH3 is 1. The highest BCUT2D eigenvalue weighted by Crippen LogP contribution is 2.16. The largest absolute Gasteiger partial charge is 0.496 e. The molecule has 0 fully saturated rings. The van der Waals surface area contributed by atoms with Crippen LogP contribution in [0.2, 0.25) is 0 Å². The van der Waals surface area contributed by atoms with Gasteiger partial charge in [-0.3, -0.25) is 14.9 Å². The number of amides is 2. The van der Waals surface area contributed by atoms with E-state index in [-0.39, 0.29) is 11.1 Å². The molecule has 0 aliphatic heterocycles. The summed E-state index contributed by atoms with van der Waals surface area (Å²) in [5.74, 6) is -1.35. The van der Waals surface area contributed by atoms with E-state index in [1.807, 2.05) is 0 Å². The van der Waals surface area contributed by atoms with Crippen molar-refractivity contribution in [3.63, 3.8) is 0 Å². The highest BCUT2D eigenvalue weighted by molar-refractivity contribution is 6.07. The Morgan fingerprint density at radius 2 is 1.87 bits per heavy atom. The summed E-state index contributed by atoms with van der Waals surface area (Å²) in [6.07, 6.45) is 1.34. The number of carbonyl (C=O) groups excluding carboxylic acids is 3. The number of para-hydroxylation sites is 1. The average Bonchev–Trinajstić information content (AvgIpc) is 2.98. The van der Waals surface area contributed by atoms with Crippen molar-refractivity contribution < 1.29 is 28.3 Å². The first-order valence-corrected chi connectivity index (χ1v) is 6.71. The first-order chi connectivity index (χ1) is 11.0. The van der Waals surface area contributed by atoms with Crippen molar-refractivity contribution >= 4 is 17.8 Å². The van der Waals surface area contributed by atoms with Crippen molar-refractivity contribution in [1.82, 2.24) is 5.32 Å². The van der Waals surface area contributed by atoms with Crippen LogP contribution in [0.15, 0.2) is 41.0 Å². The zero-order valence-corrected chi connectivity index (χ0v) is 12.6. The lowest BCUT2D eigenvalue weighted by molar-refractivity contribution is -0.123. The van der Waals surface area contributed by atoms with Gasteiger partial charge in [-0.05, 0) is 25.1 Å². The van der Waals surface area contributed by atoms with Crippen molar-refractivity contribution in [3.8, 4) is 5.75 Å². The molecule has 2 aromatic rings. The van der Waals surface area contributed by atoms with Crippen LogP contribution in [-0.4, -0.2) is 31.5 Å². The molecule has 0 radical (unpaired) electrons. The highest BCUT2D eigenvalue weighted by atomic mass is 16.5. The zero-order chi connectivity index (χ0) is 16.8. The summed E-state index contributed by atoms with van der Waals surface area (Å²) in [6.45, 7) is 1.02. The van der Waals surface area contributed by atoms with Crippen LogP contribution in [0.25, 0.3) is 0 Å². The molecular formula is C16H15NO6. The Kier molecular flexibility index (Phi) is 5.14. The lowest BCUT2D eigenvalue weighted by atomic mass is 10.2. The van der Waals surface area contributed by atoms with E-state index in [1.54, 1.807) is 25.1 Å². The fraction of sp³-hybridized carbons (Fsp3) is 0.188. The van der Waals surface area contributed by atoms with Gasteiger partial charge in [0.25, 0.3) is 11.8 Å². The molecule has 2 amide bonds. The summed E-state index contributed by atoms with van der Waals surface area (Å²) in [7, 11) is 1.42. The van der Waals surface area contributed by atoms with E-state index in [0.29, 0.717) is 11.5 Å². The molecule has 0 saturated carbocycles. The van der Waals surface area contributed by atoms with Gasteiger partial charge in [0.05, 0.1) is 18.9 Å². The third kappa shape index (κ3) is 3.97. The summed E-state index contributed by atoms with van der Waals surface area (Å²) in [6, 6.07) is 7.90. The number of rotatable bonds is 5. The Bertz CT molecular complexity index is 734. The molecule has 0 unspecified atom stereocenters. The van der Waals surface area contributed by atoms with Crippen molar-refractivity contribution in [3.05, 3.63) is 53.5 Å². The van der Waals surface area contributed by atoms with Crippen LogP contribution in [-0.2, 0) is 9.53 Å². The van der Waals surface area contributed by atoms with E-state index in [4.69, 9.17) is 13.9 Å². The summed E-state index contributed by atoms with van der Waals surface area (Å²) < 4.78 is 14.8. The van der Waals surface area contributed by atoms with Gasteiger partial charge in [-0.2, -0.15) is 0 Å². The average molecular weight is 317 g/mol. The minimum Gasteiger partial charge on any atom is -0.496 e. The molecule has 0 bridgehead atoms. The van der Waals surface area contributed by atoms with Gasteiger partial charge in [0.15, 0.2) is 6.61 Å². The summed E-state index contributed by atoms with van der Waals surface area (Å²) in [4.78, 5) is 35.4. The molecule has 1 N–H and O–H groups in total. The molecule has 0 saturated heterocycles.